The van der Waals surface area contributed by atoms with Gasteiger partial charge in [-0.2, -0.15) is 0 Å². The lowest BCUT2D eigenvalue weighted by molar-refractivity contribution is 0.668. The van der Waals surface area contributed by atoms with Gasteiger partial charge in [-0.25, -0.2) is 15.0 Å². The van der Waals surface area contributed by atoms with Gasteiger partial charge in [-0.15, -0.1) is 0 Å². The molecule has 5 heteroatoms. The lowest BCUT2D eigenvalue weighted by atomic mass is 10.0. The third-order valence-electron chi connectivity index (χ3n) is 7.93. The van der Waals surface area contributed by atoms with Crippen LogP contribution in [0.15, 0.2) is 136 Å². The van der Waals surface area contributed by atoms with Crippen LogP contribution in [0.4, 0.5) is 0 Å². The second kappa shape index (κ2) is 8.85. The van der Waals surface area contributed by atoms with E-state index < -0.39 is 0 Å². The summed E-state index contributed by atoms with van der Waals surface area (Å²) in [5.41, 5.74) is 6.17. The first kappa shape index (κ1) is 22.9. The summed E-state index contributed by atoms with van der Waals surface area (Å²) in [6.07, 6.45) is 0. The Hall–Kier alpha value is -5.81. The number of benzene rings is 6. The molecule has 0 aliphatic heterocycles. The molecule has 0 spiro atoms. The minimum Gasteiger partial charge on any atom is -0.456 e. The second-order valence-electron chi connectivity index (χ2n) is 10.4. The van der Waals surface area contributed by atoms with Crippen molar-refractivity contribution in [3.05, 3.63) is 127 Å². The summed E-state index contributed by atoms with van der Waals surface area (Å²) in [6.45, 7) is 0. The Kier molecular flexibility index (Phi) is 4.83. The largest absolute Gasteiger partial charge is 0.456 e. The Morgan fingerprint density at radius 2 is 1.00 bits per heavy atom. The monoisotopic (exact) mass is 539 g/mol. The van der Waals surface area contributed by atoms with Crippen LogP contribution in [0.5, 0.6) is 0 Å². The zero-order valence-corrected chi connectivity index (χ0v) is 22.3. The van der Waals surface area contributed by atoms with E-state index in [1.165, 1.54) is 0 Å². The van der Waals surface area contributed by atoms with Crippen molar-refractivity contribution in [3.8, 4) is 34.2 Å². The molecule has 0 saturated carbocycles. The summed E-state index contributed by atoms with van der Waals surface area (Å²) in [5.74, 6) is 1.84. The Morgan fingerprint density at radius 1 is 0.381 bits per heavy atom. The summed E-state index contributed by atoms with van der Waals surface area (Å²) < 4.78 is 12.3. The molecule has 9 aromatic rings. The predicted molar refractivity (Wildman–Crippen MR) is 168 cm³/mol. The molecular weight excluding hydrogens is 518 g/mol. The molecule has 42 heavy (non-hydrogen) atoms. The highest BCUT2D eigenvalue weighted by atomic mass is 16.3. The second-order valence-corrected chi connectivity index (χ2v) is 10.4. The van der Waals surface area contributed by atoms with E-state index >= 15 is 0 Å². The van der Waals surface area contributed by atoms with Crippen molar-refractivity contribution < 1.29 is 8.83 Å². The predicted octanol–water partition coefficient (Wildman–Crippen LogP) is 9.82. The Balaban J connectivity index is 1.29. The molecule has 0 radical (unpaired) electrons. The highest BCUT2D eigenvalue weighted by molar-refractivity contribution is 6.19. The van der Waals surface area contributed by atoms with E-state index in [9.17, 15) is 0 Å². The summed E-state index contributed by atoms with van der Waals surface area (Å²) >= 11 is 0. The standard InChI is InChI=1S/C37H21N3O2/c1-2-9-22(10-3-1)35-38-36(40-37(39-35)28-13-8-16-31-34(28)27-12-5-7-15-30(27)41-31)24-17-19-25-23(21-24)18-20-32-33(25)26-11-4-6-14-29(26)42-32/h1-21H. The normalized spacial score (nSPS) is 11.8. The zero-order chi connectivity index (χ0) is 27.6. The first-order chi connectivity index (χ1) is 20.8. The lowest BCUT2D eigenvalue weighted by Gasteiger charge is -2.10. The fraction of sp³-hybridized carbons (Fsp3) is 0. The van der Waals surface area contributed by atoms with Crippen LogP contribution in [0.25, 0.3) is 88.8 Å². The molecular formula is C37H21N3O2. The van der Waals surface area contributed by atoms with Gasteiger partial charge in [0, 0.05) is 38.2 Å². The van der Waals surface area contributed by atoms with Crippen LogP contribution in [-0.2, 0) is 0 Å². The lowest BCUT2D eigenvalue weighted by Crippen LogP contribution is -2.00. The van der Waals surface area contributed by atoms with Crippen molar-refractivity contribution in [3.63, 3.8) is 0 Å². The van der Waals surface area contributed by atoms with Gasteiger partial charge < -0.3 is 8.83 Å². The van der Waals surface area contributed by atoms with Gasteiger partial charge in [0.25, 0.3) is 0 Å². The Bertz CT molecular complexity index is 2470. The topological polar surface area (TPSA) is 65.0 Å². The van der Waals surface area contributed by atoms with E-state index in [4.69, 9.17) is 23.8 Å². The number of aromatic nitrogens is 3. The van der Waals surface area contributed by atoms with Gasteiger partial charge >= 0.3 is 0 Å². The summed E-state index contributed by atoms with van der Waals surface area (Å²) in [5, 5.41) is 6.49. The molecule has 0 amide bonds. The Labute approximate surface area is 239 Å². The van der Waals surface area contributed by atoms with Crippen molar-refractivity contribution in [2.24, 2.45) is 0 Å². The molecule has 0 unspecified atom stereocenters. The SMILES string of the molecule is c1ccc(-c2nc(-c3ccc4c(ccc5oc6ccccc6c54)c3)nc(-c3cccc4oc5ccccc5c34)n2)cc1. The molecule has 0 N–H and O–H groups in total. The number of nitrogens with zero attached hydrogens (tertiary/aromatic N) is 3. The molecule has 3 heterocycles. The van der Waals surface area contributed by atoms with Crippen LogP contribution < -0.4 is 0 Å². The molecule has 0 fully saturated rings. The van der Waals surface area contributed by atoms with Crippen molar-refractivity contribution in [1.82, 2.24) is 15.0 Å². The quantitative estimate of drug-likeness (QED) is 0.224. The average molecular weight is 540 g/mol. The molecule has 0 aliphatic rings. The molecule has 0 atom stereocenters. The van der Waals surface area contributed by atoms with Crippen LogP contribution in [-0.4, -0.2) is 15.0 Å². The Morgan fingerprint density at radius 3 is 1.79 bits per heavy atom. The van der Waals surface area contributed by atoms with Crippen LogP contribution >= 0.6 is 0 Å². The first-order valence-corrected chi connectivity index (χ1v) is 13.9. The smallest absolute Gasteiger partial charge is 0.164 e. The van der Waals surface area contributed by atoms with Crippen molar-refractivity contribution in [2.75, 3.05) is 0 Å². The van der Waals surface area contributed by atoms with Gasteiger partial charge in [0.2, 0.25) is 0 Å². The maximum atomic E-state index is 6.17. The molecule has 196 valence electrons. The van der Waals surface area contributed by atoms with Crippen molar-refractivity contribution in [1.29, 1.82) is 0 Å². The summed E-state index contributed by atoms with van der Waals surface area (Å²) in [7, 11) is 0. The van der Waals surface area contributed by atoms with Crippen molar-refractivity contribution in [2.45, 2.75) is 0 Å². The molecule has 0 aliphatic carbocycles. The number of rotatable bonds is 3. The fourth-order valence-corrected chi connectivity index (χ4v) is 6.00. The fourth-order valence-electron chi connectivity index (χ4n) is 6.00. The van der Waals surface area contributed by atoms with Gasteiger partial charge in [0.1, 0.15) is 22.3 Å². The van der Waals surface area contributed by atoms with Crippen molar-refractivity contribution >= 4 is 54.6 Å². The summed E-state index contributed by atoms with van der Waals surface area (Å²) in [4.78, 5) is 15.0. The van der Waals surface area contributed by atoms with Crippen LogP contribution in [0.2, 0.25) is 0 Å². The minimum atomic E-state index is 0.604. The van der Waals surface area contributed by atoms with Gasteiger partial charge in [0.15, 0.2) is 17.5 Å². The number of para-hydroxylation sites is 2. The minimum absolute atomic E-state index is 0.604. The van der Waals surface area contributed by atoms with Gasteiger partial charge in [-0.1, -0.05) is 97.1 Å². The first-order valence-electron chi connectivity index (χ1n) is 13.9. The third-order valence-corrected chi connectivity index (χ3v) is 7.93. The number of hydrogen-bond acceptors (Lipinski definition) is 5. The van der Waals surface area contributed by atoms with E-state index in [0.29, 0.717) is 17.5 Å². The maximum absolute atomic E-state index is 6.17. The molecule has 6 aromatic carbocycles. The zero-order valence-electron chi connectivity index (χ0n) is 22.3. The van der Waals surface area contributed by atoms with E-state index in [0.717, 1.165) is 71.3 Å². The molecule has 3 aromatic heterocycles. The van der Waals surface area contributed by atoms with Crippen LogP contribution in [0.3, 0.4) is 0 Å². The van der Waals surface area contributed by atoms with Crippen LogP contribution in [0, 0.1) is 0 Å². The van der Waals surface area contributed by atoms with Gasteiger partial charge in [-0.05, 0) is 41.1 Å². The number of fused-ring (bicyclic) bond motifs is 8. The van der Waals surface area contributed by atoms with E-state index in [1.54, 1.807) is 0 Å². The van der Waals surface area contributed by atoms with Crippen LogP contribution in [0.1, 0.15) is 0 Å². The van der Waals surface area contributed by atoms with E-state index in [2.05, 4.69) is 42.5 Å². The number of furan rings is 2. The molecule has 5 nitrogen and oxygen atoms in total. The average Bonchev–Trinajstić information content (AvgIpc) is 3.63. The molecule has 9 rings (SSSR count). The maximum Gasteiger partial charge on any atom is 0.164 e. The van der Waals surface area contributed by atoms with E-state index in [-0.39, 0.29) is 0 Å². The van der Waals surface area contributed by atoms with E-state index in [1.807, 2.05) is 84.9 Å². The number of hydrogen-bond donors (Lipinski definition) is 0. The highest BCUT2D eigenvalue weighted by Crippen LogP contribution is 2.38. The van der Waals surface area contributed by atoms with Gasteiger partial charge in [0.05, 0.1) is 0 Å². The molecule has 0 bridgehead atoms. The molecule has 0 saturated heterocycles. The van der Waals surface area contributed by atoms with Gasteiger partial charge in [-0.3, -0.25) is 0 Å². The third kappa shape index (κ3) is 3.47. The highest BCUT2D eigenvalue weighted by Gasteiger charge is 2.18. The summed E-state index contributed by atoms with van der Waals surface area (Å²) in [6, 6.07) is 42.8.